The summed E-state index contributed by atoms with van der Waals surface area (Å²) in [5.74, 6) is 0.590. The van der Waals surface area contributed by atoms with E-state index in [-0.39, 0.29) is 24.4 Å². The van der Waals surface area contributed by atoms with Crippen molar-refractivity contribution in [3.05, 3.63) is 53.6 Å². The highest BCUT2D eigenvalue weighted by atomic mass is 35.5. The largest absolute Gasteiger partial charge is 0.461 e. The fourth-order valence-electron chi connectivity index (χ4n) is 2.93. The molecule has 4 rings (SSSR count). The van der Waals surface area contributed by atoms with Crippen LogP contribution in [-0.4, -0.2) is 49.6 Å². The molecule has 1 aromatic carbocycles. The Morgan fingerprint density at radius 3 is 2.81 bits per heavy atom. The average molecular weight is 457 g/mol. The zero-order valence-corrected chi connectivity index (χ0v) is 18.4. The minimum Gasteiger partial charge on any atom is -0.461 e. The first-order valence-electron chi connectivity index (χ1n) is 9.88. The number of aromatic nitrogens is 5. The SMILES string of the molecule is Cc1cc(NC(=O)C(COC(C)C)Oc2ncnc3c2cnn3-c2ccccc2Cl)no1. The van der Waals surface area contributed by atoms with E-state index in [1.54, 1.807) is 29.9 Å². The van der Waals surface area contributed by atoms with Gasteiger partial charge in [0.1, 0.15) is 17.5 Å². The molecule has 0 saturated heterocycles. The van der Waals surface area contributed by atoms with Gasteiger partial charge in [-0.3, -0.25) is 4.79 Å². The van der Waals surface area contributed by atoms with Gasteiger partial charge in [-0.25, -0.2) is 14.6 Å². The van der Waals surface area contributed by atoms with Crippen LogP contribution in [0, 0.1) is 6.92 Å². The van der Waals surface area contributed by atoms with Gasteiger partial charge >= 0.3 is 0 Å². The molecule has 3 aromatic heterocycles. The number of ether oxygens (including phenoxy) is 2. The van der Waals surface area contributed by atoms with E-state index in [1.807, 2.05) is 32.0 Å². The minimum atomic E-state index is -1.00. The Kier molecular flexibility index (Phi) is 6.33. The van der Waals surface area contributed by atoms with Crippen molar-refractivity contribution in [2.24, 2.45) is 0 Å². The molecule has 0 fully saturated rings. The van der Waals surface area contributed by atoms with Crippen LogP contribution in [0.5, 0.6) is 5.88 Å². The molecule has 1 amide bonds. The highest BCUT2D eigenvalue weighted by Crippen LogP contribution is 2.27. The van der Waals surface area contributed by atoms with Crippen LogP contribution in [0.3, 0.4) is 0 Å². The Morgan fingerprint density at radius 2 is 2.09 bits per heavy atom. The van der Waals surface area contributed by atoms with Crippen LogP contribution < -0.4 is 10.1 Å². The van der Waals surface area contributed by atoms with E-state index in [9.17, 15) is 4.79 Å². The van der Waals surface area contributed by atoms with Gasteiger partial charge in [0.25, 0.3) is 5.91 Å². The van der Waals surface area contributed by atoms with Gasteiger partial charge in [0.15, 0.2) is 11.5 Å². The van der Waals surface area contributed by atoms with Crippen molar-refractivity contribution in [1.29, 1.82) is 0 Å². The third kappa shape index (κ3) is 4.71. The number of fused-ring (bicyclic) bond motifs is 1. The molecule has 32 heavy (non-hydrogen) atoms. The van der Waals surface area contributed by atoms with E-state index in [4.69, 9.17) is 25.6 Å². The Hall–Kier alpha value is -3.50. The van der Waals surface area contributed by atoms with Crippen LogP contribution in [0.25, 0.3) is 16.7 Å². The highest BCUT2D eigenvalue weighted by molar-refractivity contribution is 6.32. The number of amides is 1. The van der Waals surface area contributed by atoms with Gasteiger partial charge in [0.2, 0.25) is 12.0 Å². The van der Waals surface area contributed by atoms with E-state index in [0.29, 0.717) is 27.5 Å². The number of hydrogen-bond acceptors (Lipinski definition) is 8. The third-order valence-corrected chi connectivity index (χ3v) is 4.74. The number of carbonyl (C=O) groups excluding carboxylic acids is 1. The van der Waals surface area contributed by atoms with Gasteiger partial charge in [0.05, 0.1) is 29.6 Å². The zero-order valence-electron chi connectivity index (χ0n) is 17.7. The Labute approximate surface area is 188 Å². The lowest BCUT2D eigenvalue weighted by molar-refractivity contribution is -0.126. The van der Waals surface area contributed by atoms with Gasteiger partial charge in [0, 0.05) is 6.07 Å². The van der Waals surface area contributed by atoms with E-state index in [0.717, 1.165) is 0 Å². The van der Waals surface area contributed by atoms with Gasteiger partial charge < -0.3 is 19.3 Å². The fraction of sp³-hybridized carbons (Fsp3) is 0.286. The molecule has 1 N–H and O–H groups in total. The van der Waals surface area contributed by atoms with Gasteiger partial charge in [-0.15, -0.1) is 0 Å². The molecule has 0 radical (unpaired) electrons. The van der Waals surface area contributed by atoms with Crippen LogP contribution in [0.2, 0.25) is 5.02 Å². The molecule has 0 bridgehead atoms. The number of aryl methyl sites for hydroxylation is 1. The van der Waals surface area contributed by atoms with Crippen LogP contribution >= 0.6 is 11.6 Å². The topological polar surface area (TPSA) is 117 Å². The molecule has 10 nitrogen and oxygen atoms in total. The Bertz CT molecular complexity index is 1240. The van der Waals surface area contributed by atoms with Crippen molar-refractivity contribution in [2.75, 3.05) is 11.9 Å². The van der Waals surface area contributed by atoms with Crippen LogP contribution in [0.15, 0.2) is 47.4 Å². The Balaban J connectivity index is 1.63. The summed E-state index contributed by atoms with van der Waals surface area (Å²) in [4.78, 5) is 21.4. The van der Waals surface area contributed by atoms with Crippen LogP contribution in [0.1, 0.15) is 19.6 Å². The van der Waals surface area contributed by atoms with E-state index >= 15 is 0 Å². The van der Waals surface area contributed by atoms with Crippen molar-refractivity contribution >= 4 is 34.4 Å². The summed E-state index contributed by atoms with van der Waals surface area (Å²) in [6, 6.07) is 8.87. The molecule has 0 spiro atoms. The van der Waals surface area contributed by atoms with Crippen molar-refractivity contribution in [1.82, 2.24) is 24.9 Å². The van der Waals surface area contributed by atoms with Crippen LogP contribution in [-0.2, 0) is 9.53 Å². The fourth-order valence-corrected chi connectivity index (χ4v) is 3.14. The number of nitrogens with one attached hydrogen (secondary N) is 1. The number of rotatable bonds is 8. The number of para-hydroxylation sites is 1. The number of benzene rings is 1. The Morgan fingerprint density at radius 1 is 1.28 bits per heavy atom. The second-order valence-electron chi connectivity index (χ2n) is 7.22. The smallest absolute Gasteiger partial charge is 0.269 e. The lowest BCUT2D eigenvalue weighted by Gasteiger charge is -2.19. The molecule has 1 unspecified atom stereocenters. The molecule has 0 aliphatic carbocycles. The van der Waals surface area contributed by atoms with Crippen LogP contribution in [0.4, 0.5) is 5.82 Å². The summed E-state index contributed by atoms with van der Waals surface area (Å²) in [5, 5.41) is 11.9. The lowest BCUT2D eigenvalue weighted by atomic mass is 10.3. The number of anilines is 1. The summed E-state index contributed by atoms with van der Waals surface area (Å²) in [6.07, 6.45) is 1.80. The molecule has 0 saturated carbocycles. The van der Waals surface area contributed by atoms with Gasteiger partial charge in [-0.05, 0) is 32.9 Å². The van der Waals surface area contributed by atoms with Gasteiger partial charge in [-0.1, -0.05) is 28.9 Å². The molecule has 0 aliphatic heterocycles. The molecule has 3 heterocycles. The molecular formula is C21H21ClN6O4. The second-order valence-corrected chi connectivity index (χ2v) is 7.63. The zero-order chi connectivity index (χ0) is 22.7. The summed E-state index contributed by atoms with van der Waals surface area (Å²) in [7, 11) is 0. The first-order valence-corrected chi connectivity index (χ1v) is 10.3. The molecule has 4 aromatic rings. The molecule has 1 atom stereocenters. The number of carbonyl (C=O) groups is 1. The molecular weight excluding hydrogens is 436 g/mol. The highest BCUT2D eigenvalue weighted by Gasteiger charge is 2.25. The predicted molar refractivity (Wildman–Crippen MR) is 117 cm³/mol. The van der Waals surface area contributed by atoms with E-state index in [2.05, 4.69) is 25.5 Å². The van der Waals surface area contributed by atoms with Crippen molar-refractivity contribution in [2.45, 2.75) is 33.0 Å². The summed E-state index contributed by atoms with van der Waals surface area (Å²) in [5.41, 5.74) is 1.15. The standard InChI is InChI=1S/C21H21ClN6O4/c1-12(2)30-10-17(20(29)26-18-8-13(3)32-27-18)31-21-14-9-25-28(19(14)23-11-24-21)16-7-5-4-6-15(16)22/h4-9,11-12,17H,10H2,1-3H3,(H,26,27,29). The minimum absolute atomic E-state index is 0.00444. The molecule has 166 valence electrons. The van der Waals surface area contributed by atoms with Gasteiger partial charge in [-0.2, -0.15) is 5.10 Å². The maximum absolute atomic E-state index is 12.9. The lowest BCUT2D eigenvalue weighted by Crippen LogP contribution is -2.38. The normalized spacial score (nSPS) is 12.3. The van der Waals surface area contributed by atoms with Crippen molar-refractivity contribution < 1.29 is 18.8 Å². The first kappa shape index (κ1) is 21.7. The van der Waals surface area contributed by atoms with Crippen molar-refractivity contribution in [3.63, 3.8) is 0 Å². The number of nitrogens with zero attached hydrogens (tertiary/aromatic N) is 5. The van der Waals surface area contributed by atoms with Crippen molar-refractivity contribution in [3.8, 4) is 11.6 Å². The molecule has 11 heteroatoms. The number of hydrogen-bond donors (Lipinski definition) is 1. The predicted octanol–water partition coefficient (Wildman–Crippen LogP) is 3.58. The summed E-state index contributed by atoms with van der Waals surface area (Å²) >= 11 is 6.31. The summed E-state index contributed by atoms with van der Waals surface area (Å²) in [6.45, 7) is 5.47. The average Bonchev–Trinajstić information content (AvgIpc) is 3.37. The third-order valence-electron chi connectivity index (χ3n) is 4.42. The second kappa shape index (κ2) is 9.33. The monoisotopic (exact) mass is 456 g/mol. The summed E-state index contributed by atoms with van der Waals surface area (Å²) < 4.78 is 18.2. The van der Waals surface area contributed by atoms with E-state index < -0.39 is 12.0 Å². The number of halogens is 1. The maximum Gasteiger partial charge on any atom is 0.269 e. The van der Waals surface area contributed by atoms with E-state index in [1.165, 1.54) is 6.33 Å². The molecule has 0 aliphatic rings. The quantitative estimate of drug-likeness (QED) is 0.427. The maximum atomic E-state index is 12.9. The first-order chi connectivity index (χ1) is 15.4.